The molecule has 41 heavy (non-hydrogen) atoms. The van der Waals surface area contributed by atoms with E-state index < -0.39 is 26.9 Å². The molecule has 0 spiro atoms. The minimum absolute atomic E-state index is 0.150. The summed E-state index contributed by atoms with van der Waals surface area (Å²) in [6, 6.07) is 15.1. The van der Waals surface area contributed by atoms with E-state index >= 15 is 0 Å². The highest BCUT2D eigenvalue weighted by atomic mass is 16.6. The van der Waals surface area contributed by atoms with Gasteiger partial charge in [-0.1, -0.05) is 12.1 Å². The third kappa shape index (κ3) is 5.89. The number of hydrogen-bond acceptors (Lipinski definition) is 11. The number of carbonyl (C=O) groups excluding carboxylic acids is 2. The molecule has 0 fully saturated rings. The van der Waals surface area contributed by atoms with Gasteiger partial charge in [-0.3, -0.25) is 34.7 Å². The SMILES string of the molecule is COCCN(CCN1C(=O)c2ccccc2C1=O)c1ccc(N=Nc2c(C#N)cc([N+](=O)[O-])cc2[N+](=O)[O-])c(C)c1. The van der Waals surface area contributed by atoms with Crippen LogP contribution in [0.25, 0.3) is 0 Å². The number of benzene rings is 3. The van der Waals surface area contributed by atoms with E-state index in [-0.39, 0.29) is 23.9 Å². The molecule has 0 unspecified atom stereocenters. The number of methoxy groups -OCH3 is 1. The molecule has 0 N–H and O–H groups in total. The van der Waals surface area contributed by atoms with Gasteiger partial charge in [0.1, 0.15) is 6.07 Å². The van der Waals surface area contributed by atoms with Crippen molar-refractivity contribution < 1.29 is 24.2 Å². The van der Waals surface area contributed by atoms with Crippen LogP contribution in [-0.2, 0) is 4.74 Å². The summed E-state index contributed by atoms with van der Waals surface area (Å²) in [5.41, 5.74) is 0.400. The number of nitro benzene ring substituents is 2. The first-order valence-corrected chi connectivity index (χ1v) is 12.2. The second kappa shape index (κ2) is 12.1. The lowest BCUT2D eigenvalue weighted by Gasteiger charge is -2.27. The molecular formula is C27H23N7O7. The maximum atomic E-state index is 12.8. The zero-order chi connectivity index (χ0) is 29.7. The molecule has 1 aliphatic heterocycles. The van der Waals surface area contributed by atoms with Crippen LogP contribution in [0, 0.1) is 38.5 Å². The first kappa shape index (κ1) is 28.5. The van der Waals surface area contributed by atoms with Gasteiger partial charge in [-0.15, -0.1) is 10.2 Å². The van der Waals surface area contributed by atoms with Crippen LogP contribution in [0.2, 0.25) is 0 Å². The molecule has 4 rings (SSSR count). The normalized spacial score (nSPS) is 12.5. The minimum atomic E-state index is -0.861. The van der Waals surface area contributed by atoms with Gasteiger partial charge in [0.25, 0.3) is 17.5 Å². The molecule has 0 saturated carbocycles. The Bertz CT molecular complexity index is 1600. The van der Waals surface area contributed by atoms with E-state index in [9.17, 15) is 35.1 Å². The van der Waals surface area contributed by atoms with E-state index in [4.69, 9.17) is 4.74 Å². The lowest BCUT2D eigenvalue weighted by atomic mass is 10.1. The highest BCUT2D eigenvalue weighted by Crippen LogP contribution is 2.37. The zero-order valence-electron chi connectivity index (χ0n) is 22.0. The summed E-state index contributed by atoms with van der Waals surface area (Å²) in [5, 5.41) is 40.0. The van der Waals surface area contributed by atoms with E-state index in [2.05, 4.69) is 10.2 Å². The summed E-state index contributed by atoms with van der Waals surface area (Å²) in [5.74, 6) is -0.692. The molecular weight excluding hydrogens is 534 g/mol. The number of imide groups is 1. The number of nitro groups is 2. The Morgan fingerprint density at radius 1 is 0.976 bits per heavy atom. The quantitative estimate of drug-likeness (QED) is 0.138. The number of rotatable bonds is 11. The van der Waals surface area contributed by atoms with Crippen molar-refractivity contribution in [3.8, 4) is 6.07 Å². The first-order chi connectivity index (χ1) is 19.7. The number of nitrogens with zero attached hydrogens (tertiary/aromatic N) is 7. The van der Waals surface area contributed by atoms with E-state index in [1.54, 1.807) is 62.6 Å². The number of fused-ring (bicyclic) bond motifs is 1. The Labute approximate surface area is 233 Å². The standard InChI is InChI=1S/C27H23N7O7/c1-17-13-19(31(11-12-41-2)9-10-32-26(35)21-5-3-4-6-22(21)27(32)36)7-8-23(17)29-30-25-18(16-28)14-20(33(37)38)15-24(25)34(39)40/h3-8,13-15H,9-12H2,1-2H3. The molecule has 0 radical (unpaired) electrons. The van der Waals surface area contributed by atoms with Crippen molar-refractivity contribution in [2.24, 2.45) is 10.2 Å². The molecule has 1 heterocycles. The van der Waals surface area contributed by atoms with Crippen molar-refractivity contribution in [1.29, 1.82) is 5.26 Å². The third-order valence-electron chi connectivity index (χ3n) is 6.44. The predicted octanol–water partition coefficient (Wildman–Crippen LogP) is 4.85. The number of anilines is 1. The number of azo groups is 1. The Morgan fingerprint density at radius 3 is 2.22 bits per heavy atom. The van der Waals surface area contributed by atoms with Gasteiger partial charge in [-0.2, -0.15) is 5.26 Å². The summed E-state index contributed by atoms with van der Waals surface area (Å²) in [4.78, 5) is 49.6. The molecule has 14 nitrogen and oxygen atoms in total. The largest absolute Gasteiger partial charge is 0.383 e. The van der Waals surface area contributed by atoms with Gasteiger partial charge in [-0.25, -0.2) is 0 Å². The average molecular weight is 558 g/mol. The van der Waals surface area contributed by atoms with Crippen molar-refractivity contribution >= 4 is 40.3 Å². The van der Waals surface area contributed by atoms with Crippen LogP contribution >= 0.6 is 0 Å². The van der Waals surface area contributed by atoms with Crippen LogP contribution in [0.3, 0.4) is 0 Å². The molecule has 0 saturated heterocycles. The number of carbonyl (C=O) groups is 2. The summed E-state index contributed by atoms with van der Waals surface area (Å²) in [6.07, 6.45) is 0. The van der Waals surface area contributed by atoms with Gasteiger partial charge in [-0.05, 0) is 42.8 Å². The molecule has 2 amide bonds. The number of aryl methyl sites for hydroxylation is 1. The Balaban J connectivity index is 1.57. The van der Waals surface area contributed by atoms with Gasteiger partial charge in [0.05, 0.1) is 44.9 Å². The van der Waals surface area contributed by atoms with Crippen LogP contribution in [0.15, 0.2) is 64.8 Å². The highest BCUT2D eigenvalue weighted by molar-refractivity contribution is 6.21. The van der Waals surface area contributed by atoms with Crippen molar-refractivity contribution in [2.75, 3.05) is 38.3 Å². The molecule has 0 aromatic heterocycles. The van der Waals surface area contributed by atoms with Gasteiger partial charge in [0, 0.05) is 38.5 Å². The summed E-state index contributed by atoms with van der Waals surface area (Å²) >= 11 is 0. The van der Waals surface area contributed by atoms with Crippen LogP contribution in [-0.4, -0.2) is 59.9 Å². The molecule has 0 bridgehead atoms. The maximum absolute atomic E-state index is 12.8. The van der Waals surface area contributed by atoms with Gasteiger partial charge < -0.3 is 9.64 Å². The molecule has 3 aromatic carbocycles. The zero-order valence-corrected chi connectivity index (χ0v) is 22.0. The van der Waals surface area contributed by atoms with E-state index in [1.807, 2.05) is 4.90 Å². The number of hydrogen-bond donors (Lipinski definition) is 0. The maximum Gasteiger partial charge on any atom is 0.304 e. The molecule has 0 atom stereocenters. The van der Waals surface area contributed by atoms with Gasteiger partial charge in [0.2, 0.25) is 0 Å². The highest BCUT2D eigenvalue weighted by Gasteiger charge is 2.35. The molecule has 1 aliphatic rings. The summed E-state index contributed by atoms with van der Waals surface area (Å²) in [7, 11) is 1.56. The number of nitriles is 1. The Kier molecular flexibility index (Phi) is 8.40. The van der Waals surface area contributed by atoms with Crippen LogP contribution in [0.4, 0.5) is 28.4 Å². The number of ether oxygens (including phenoxy) is 1. The average Bonchev–Trinajstić information content (AvgIpc) is 3.20. The first-order valence-electron chi connectivity index (χ1n) is 12.2. The predicted molar refractivity (Wildman–Crippen MR) is 146 cm³/mol. The van der Waals surface area contributed by atoms with Crippen molar-refractivity contribution in [3.05, 3.63) is 97.1 Å². The molecule has 3 aromatic rings. The van der Waals surface area contributed by atoms with E-state index in [0.717, 1.165) is 17.8 Å². The summed E-state index contributed by atoms with van der Waals surface area (Å²) in [6.45, 7) is 3.06. The fraction of sp³-hybridized carbons (Fsp3) is 0.222. The molecule has 14 heteroatoms. The van der Waals surface area contributed by atoms with E-state index in [1.165, 1.54) is 4.90 Å². The van der Waals surface area contributed by atoms with E-state index in [0.29, 0.717) is 42.1 Å². The smallest absolute Gasteiger partial charge is 0.304 e. The van der Waals surface area contributed by atoms with Crippen molar-refractivity contribution in [1.82, 2.24) is 4.90 Å². The Morgan fingerprint density at radius 2 is 1.66 bits per heavy atom. The van der Waals surface area contributed by atoms with Crippen molar-refractivity contribution in [3.63, 3.8) is 0 Å². The second-order valence-electron chi connectivity index (χ2n) is 8.95. The lowest BCUT2D eigenvalue weighted by molar-refractivity contribution is -0.393. The number of amides is 2. The Hall–Kier alpha value is -5.55. The van der Waals surface area contributed by atoms with Crippen LogP contribution in [0.5, 0.6) is 0 Å². The lowest BCUT2D eigenvalue weighted by Crippen LogP contribution is -2.39. The topological polar surface area (TPSA) is 185 Å². The molecule has 208 valence electrons. The van der Waals surface area contributed by atoms with Crippen molar-refractivity contribution in [2.45, 2.75) is 6.92 Å². The monoisotopic (exact) mass is 557 g/mol. The third-order valence-corrected chi connectivity index (χ3v) is 6.44. The second-order valence-corrected chi connectivity index (χ2v) is 8.95. The molecule has 0 aliphatic carbocycles. The summed E-state index contributed by atoms with van der Waals surface area (Å²) < 4.78 is 5.23. The van der Waals surface area contributed by atoms with Gasteiger partial charge in [0.15, 0.2) is 5.69 Å². The number of non-ortho nitro benzene ring substituents is 1. The fourth-order valence-corrected chi connectivity index (χ4v) is 4.33. The van der Waals surface area contributed by atoms with Crippen LogP contribution in [0.1, 0.15) is 31.8 Å². The van der Waals surface area contributed by atoms with Crippen LogP contribution < -0.4 is 4.90 Å². The minimum Gasteiger partial charge on any atom is -0.383 e. The van der Waals surface area contributed by atoms with Gasteiger partial charge >= 0.3 is 5.69 Å². The fourth-order valence-electron chi connectivity index (χ4n) is 4.33.